The number of nitrogens with zero attached hydrogens (tertiary/aromatic N) is 2. The lowest BCUT2D eigenvalue weighted by Gasteiger charge is -2.21. The predicted molar refractivity (Wildman–Crippen MR) is 124 cm³/mol. The molecule has 0 atom stereocenters. The second kappa shape index (κ2) is 8.03. The number of nitrogens with one attached hydrogen (secondary N) is 1. The summed E-state index contributed by atoms with van der Waals surface area (Å²) < 4.78 is 30.5. The minimum atomic E-state index is -3.68. The van der Waals surface area contributed by atoms with Crippen LogP contribution in [0, 0.1) is 12.0 Å². The monoisotopic (exact) mass is 429 g/mol. The van der Waals surface area contributed by atoms with E-state index < -0.39 is 15.6 Å². The van der Waals surface area contributed by atoms with Crippen LogP contribution < -0.4 is 4.72 Å². The third-order valence-corrected chi connectivity index (χ3v) is 6.39. The number of hydrogen-bond acceptors (Lipinski definition) is 3. The lowest BCUT2D eigenvalue weighted by Crippen LogP contribution is -2.40. The van der Waals surface area contributed by atoms with Crippen molar-refractivity contribution in [2.75, 3.05) is 0 Å². The minimum absolute atomic E-state index is 0.243. The molecule has 0 saturated carbocycles. The Morgan fingerprint density at radius 2 is 1.65 bits per heavy atom. The quantitative estimate of drug-likeness (QED) is 0.483. The van der Waals surface area contributed by atoms with Crippen LogP contribution in [0.5, 0.6) is 0 Å². The molecule has 0 aliphatic rings. The molecule has 0 fully saturated rings. The molecule has 6 heteroatoms. The van der Waals surface area contributed by atoms with E-state index >= 15 is 0 Å². The van der Waals surface area contributed by atoms with Crippen LogP contribution in [0.3, 0.4) is 0 Å². The lowest BCUT2D eigenvalue weighted by atomic mass is 10.1. The van der Waals surface area contributed by atoms with Gasteiger partial charge in [0, 0.05) is 22.7 Å². The average molecular weight is 430 g/mol. The van der Waals surface area contributed by atoms with E-state index in [-0.39, 0.29) is 4.90 Å². The summed E-state index contributed by atoms with van der Waals surface area (Å²) in [5, 5.41) is 0. The van der Waals surface area contributed by atoms with E-state index in [4.69, 9.17) is 0 Å². The van der Waals surface area contributed by atoms with Crippen LogP contribution in [0.1, 0.15) is 26.3 Å². The number of aromatic nitrogens is 2. The van der Waals surface area contributed by atoms with Crippen molar-refractivity contribution < 1.29 is 8.42 Å². The Morgan fingerprint density at radius 1 is 0.935 bits per heavy atom. The molecule has 0 aliphatic carbocycles. The summed E-state index contributed by atoms with van der Waals surface area (Å²) in [7, 11) is -3.68. The van der Waals surface area contributed by atoms with Crippen LogP contribution in [0.4, 0.5) is 0 Å². The molecule has 0 saturated heterocycles. The van der Waals surface area contributed by atoms with E-state index in [1.54, 1.807) is 23.0 Å². The van der Waals surface area contributed by atoms with Crippen LogP contribution >= 0.6 is 0 Å². The van der Waals surface area contributed by atoms with Crippen LogP contribution in [0.2, 0.25) is 0 Å². The number of imidazole rings is 1. The third-order valence-electron chi connectivity index (χ3n) is 4.57. The summed E-state index contributed by atoms with van der Waals surface area (Å²) in [5.41, 5.74) is 3.36. The molecule has 0 bridgehead atoms. The molecule has 1 heterocycles. The minimum Gasteiger partial charge on any atom is -0.257 e. The van der Waals surface area contributed by atoms with Gasteiger partial charge in [-0.3, -0.25) is 4.57 Å². The first-order chi connectivity index (χ1) is 14.7. The molecular formula is C25H23N3O2S. The Kier molecular flexibility index (Phi) is 5.40. The molecule has 4 rings (SSSR count). The van der Waals surface area contributed by atoms with Gasteiger partial charge in [0.15, 0.2) is 0 Å². The van der Waals surface area contributed by atoms with Crippen molar-refractivity contribution >= 4 is 21.1 Å². The summed E-state index contributed by atoms with van der Waals surface area (Å²) in [4.78, 5) is 4.71. The fraction of sp³-hybridized carbons (Fsp3) is 0.160. The Morgan fingerprint density at radius 3 is 2.39 bits per heavy atom. The zero-order valence-electron chi connectivity index (χ0n) is 17.6. The Balaban J connectivity index is 1.74. The highest BCUT2D eigenvalue weighted by Gasteiger charge is 2.24. The first kappa shape index (κ1) is 20.9. The highest BCUT2D eigenvalue weighted by atomic mass is 32.2. The largest absolute Gasteiger partial charge is 0.257 e. The van der Waals surface area contributed by atoms with Gasteiger partial charge in [-0.05, 0) is 62.6 Å². The van der Waals surface area contributed by atoms with Gasteiger partial charge in [0.05, 0.1) is 15.9 Å². The van der Waals surface area contributed by atoms with Gasteiger partial charge in [0.1, 0.15) is 6.33 Å². The topological polar surface area (TPSA) is 64.0 Å². The number of fused-ring (bicyclic) bond motifs is 1. The molecule has 0 amide bonds. The lowest BCUT2D eigenvalue weighted by molar-refractivity contribution is 0.491. The molecule has 0 unspecified atom stereocenters. The van der Waals surface area contributed by atoms with Gasteiger partial charge < -0.3 is 0 Å². The first-order valence-corrected chi connectivity index (χ1v) is 11.4. The summed E-state index contributed by atoms with van der Waals surface area (Å²) in [6.07, 6.45) is 1.67. The second-order valence-electron chi connectivity index (χ2n) is 8.27. The zero-order valence-corrected chi connectivity index (χ0v) is 18.4. The molecule has 1 aromatic heterocycles. The number of rotatable bonds is 3. The molecule has 156 valence electrons. The molecular weight excluding hydrogens is 406 g/mol. The maximum Gasteiger partial charge on any atom is 0.241 e. The van der Waals surface area contributed by atoms with Crippen molar-refractivity contribution in [3.63, 3.8) is 0 Å². The zero-order chi connectivity index (χ0) is 22.1. The molecule has 3 aromatic carbocycles. The van der Waals surface area contributed by atoms with E-state index in [0.29, 0.717) is 5.56 Å². The van der Waals surface area contributed by atoms with E-state index in [1.165, 1.54) is 0 Å². The summed E-state index contributed by atoms with van der Waals surface area (Å²) in [6.45, 7) is 5.47. The standard InChI is InChI=1S/C25H23N3O2S/c1-25(2,3)27-31(29,30)24-12-8-7-11-21(24)20-13-14-23-22(17-20)26-18-28(23)16-15-19-9-5-4-6-10-19/h4-14,17-18,27H,1-3H3. The summed E-state index contributed by atoms with van der Waals surface area (Å²) in [6, 6.07) is 25.6. The van der Waals surface area contributed by atoms with Crippen molar-refractivity contribution in [1.82, 2.24) is 14.3 Å². The first-order valence-electron chi connectivity index (χ1n) is 9.90. The van der Waals surface area contributed by atoms with Crippen LogP contribution in [0.15, 0.2) is 84.0 Å². The van der Waals surface area contributed by atoms with Gasteiger partial charge in [0.2, 0.25) is 10.0 Å². The van der Waals surface area contributed by atoms with Crippen LogP contribution in [0.25, 0.3) is 22.2 Å². The van der Waals surface area contributed by atoms with Crippen molar-refractivity contribution in [2.24, 2.45) is 0 Å². The van der Waals surface area contributed by atoms with Crippen molar-refractivity contribution in [1.29, 1.82) is 0 Å². The van der Waals surface area contributed by atoms with Gasteiger partial charge in [-0.15, -0.1) is 0 Å². The Hall–Kier alpha value is -3.40. The second-order valence-corrected chi connectivity index (χ2v) is 9.92. The van der Waals surface area contributed by atoms with Gasteiger partial charge in [-0.2, -0.15) is 0 Å². The average Bonchev–Trinajstić information content (AvgIpc) is 3.13. The van der Waals surface area contributed by atoms with E-state index in [1.807, 2.05) is 81.4 Å². The van der Waals surface area contributed by atoms with Crippen molar-refractivity contribution in [2.45, 2.75) is 31.2 Å². The van der Waals surface area contributed by atoms with Gasteiger partial charge in [-0.1, -0.05) is 42.5 Å². The highest BCUT2D eigenvalue weighted by Crippen LogP contribution is 2.30. The highest BCUT2D eigenvalue weighted by molar-refractivity contribution is 7.89. The Labute approximate surface area is 182 Å². The van der Waals surface area contributed by atoms with E-state index in [0.717, 1.165) is 22.2 Å². The molecule has 4 aromatic rings. The number of hydrogen-bond donors (Lipinski definition) is 1. The smallest absolute Gasteiger partial charge is 0.241 e. The van der Waals surface area contributed by atoms with E-state index in [2.05, 4.69) is 21.7 Å². The number of benzene rings is 3. The Bertz CT molecular complexity index is 1400. The molecule has 0 aliphatic heterocycles. The van der Waals surface area contributed by atoms with E-state index in [9.17, 15) is 8.42 Å². The van der Waals surface area contributed by atoms with Crippen LogP contribution in [-0.2, 0) is 10.0 Å². The SMILES string of the molecule is CC(C)(C)NS(=O)(=O)c1ccccc1-c1ccc2c(c1)ncn2C#Cc1ccccc1. The normalized spacial score (nSPS) is 11.8. The molecule has 0 spiro atoms. The summed E-state index contributed by atoms with van der Waals surface area (Å²) >= 11 is 0. The van der Waals surface area contributed by atoms with Crippen molar-refractivity contribution in [3.8, 4) is 23.1 Å². The molecule has 0 radical (unpaired) electrons. The maximum atomic E-state index is 13.0. The van der Waals surface area contributed by atoms with Gasteiger partial charge in [0.25, 0.3) is 0 Å². The predicted octanol–water partition coefficient (Wildman–Crippen LogP) is 4.64. The third kappa shape index (κ3) is 4.69. The molecule has 5 nitrogen and oxygen atoms in total. The summed E-state index contributed by atoms with van der Waals surface area (Å²) in [5.74, 6) is 3.12. The molecule has 31 heavy (non-hydrogen) atoms. The van der Waals surface area contributed by atoms with Crippen molar-refractivity contribution in [3.05, 3.63) is 84.7 Å². The maximum absolute atomic E-state index is 13.0. The fourth-order valence-electron chi connectivity index (χ4n) is 3.31. The van der Waals surface area contributed by atoms with Crippen LogP contribution in [-0.4, -0.2) is 23.5 Å². The fourth-order valence-corrected chi connectivity index (χ4v) is 4.96. The van der Waals surface area contributed by atoms with Gasteiger partial charge in [-0.25, -0.2) is 18.1 Å². The number of sulfonamides is 1. The molecule has 1 N–H and O–H groups in total. The van der Waals surface area contributed by atoms with Gasteiger partial charge >= 0.3 is 0 Å².